The maximum atomic E-state index is 2.68. The van der Waals surface area contributed by atoms with E-state index >= 15 is 0 Å². The Kier molecular flexibility index (Phi) is 10.5. The van der Waals surface area contributed by atoms with Crippen molar-refractivity contribution in [3.63, 3.8) is 0 Å². The van der Waals surface area contributed by atoms with Gasteiger partial charge in [-0.25, -0.2) is 0 Å². The van der Waals surface area contributed by atoms with Gasteiger partial charge in [-0.2, -0.15) is 0 Å². The van der Waals surface area contributed by atoms with Gasteiger partial charge in [-0.3, -0.25) is 0 Å². The summed E-state index contributed by atoms with van der Waals surface area (Å²) in [5.74, 6) is 0. The van der Waals surface area contributed by atoms with E-state index in [2.05, 4.69) is 296 Å². The van der Waals surface area contributed by atoms with Crippen molar-refractivity contribution in [2.75, 3.05) is 4.90 Å². The normalized spacial score (nSPS) is 13.0. The molecule has 0 fully saturated rings. The largest absolute Gasteiger partial charge is 0.309 e. The fourth-order valence-corrected chi connectivity index (χ4v) is 16.3. The SMILES string of the molecule is CC(C)(C)c1ccc(-c2cc3c4c(c2)N(c2c(-c5ccccc5)ccc5c2sc2ccccc25)c2ccc(-c5ccccc5)cc2B4c2cc(-n4c5ccccc5c5ccccc54)cc(-n4c5ccccc5c5ccccc54)c2S3)cc1. The monoisotopic (exact) mass is 1080 g/mol. The number of anilines is 3. The number of nitrogens with zero attached hydrogens (tertiary/aromatic N) is 3. The number of hydrogen-bond donors (Lipinski definition) is 0. The van der Waals surface area contributed by atoms with E-state index in [1.165, 1.54) is 152 Å². The van der Waals surface area contributed by atoms with Crippen molar-refractivity contribution in [2.45, 2.75) is 36.0 Å². The summed E-state index contributed by atoms with van der Waals surface area (Å²) < 4.78 is 7.66. The Morgan fingerprint density at radius 3 is 1.56 bits per heavy atom. The van der Waals surface area contributed by atoms with E-state index in [1.54, 1.807) is 0 Å². The summed E-state index contributed by atoms with van der Waals surface area (Å²) in [5, 5.41) is 7.54. The minimum absolute atomic E-state index is 0.0182. The average Bonchev–Trinajstić information content (AvgIpc) is 2.73. The number of benzene rings is 12. The molecule has 6 heteroatoms. The van der Waals surface area contributed by atoms with Crippen LogP contribution in [-0.4, -0.2) is 15.8 Å². The van der Waals surface area contributed by atoms with Gasteiger partial charge in [-0.1, -0.05) is 238 Å². The molecule has 12 aromatic carbocycles. The van der Waals surface area contributed by atoms with E-state index in [-0.39, 0.29) is 12.1 Å². The van der Waals surface area contributed by atoms with E-state index in [0.29, 0.717) is 0 Å². The Morgan fingerprint density at radius 2 is 0.927 bits per heavy atom. The summed E-state index contributed by atoms with van der Waals surface area (Å²) in [6.07, 6.45) is 0. The summed E-state index contributed by atoms with van der Waals surface area (Å²) in [6.45, 7) is 6.75. The second kappa shape index (κ2) is 18.1. The van der Waals surface area contributed by atoms with E-state index in [0.717, 1.165) is 5.69 Å². The third-order valence-corrected chi connectivity index (χ3v) is 19.9. The highest BCUT2D eigenvalue weighted by atomic mass is 32.2. The molecular weight excluding hydrogens is 1030 g/mol. The molecule has 5 heterocycles. The fraction of sp³-hybridized carbons (Fsp3) is 0.0526. The minimum atomic E-state index is -0.157. The Morgan fingerprint density at radius 1 is 0.378 bits per heavy atom. The highest BCUT2D eigenvalue weighted by molar-refractivity contribution is 8.00. The van der Waals surface area contributed by atoms with Gasteiger partial charge in [0, 0.05) is 69.4 Å². The van der Waals surface area contributed by atoms with Gasteiger partial charge >= 0.3 is 0 Å². The Labute approximate surface area is 485 Å². The van der Waals surface area contributed by atoms with Crippen LogP contribution in [0.3, 0.4) is 0 Å². The molecule has 3 nitrogen and oxygen atoms in total. The highest BCUT2D eigenvalue weighted by Gasteiger charge is 2.44. The molecule has 2 aliphatic rings. The molecule has 0 saturated carbocycles. The fourth-order valence-electron chi connectivity index (χ4n) is 13.7. The van der Waals surface area contributed by atoms with E-state index in [4.69, 9.17) is 0 Å². The van der Waals surface area contributed by atoms with Gasteiger partial charge in [0.2, 0.25) is 6.71 Å². The first-order chi connectivity index (χ1) is 40.3. The lowest BCUT2D eigenvalue weighted by Gasteiger charge is -2.42. The average molecular weight is 1080 g/mol. The Hall–Kier alpha value is -9.33. The van der Waals surface area contributed by atoms with Crippen LogP contribution in [0.15, 0.2) is 271 Å². The second-order valence-electron chi connectivity index (χ2n) is 23.2. The van der Waals surface area contributed by atoms with Crippen LogP contribution in [0, 0.1) is 0 Å². The molecular formula is C76H52BN3S2. The number of hydrogen-bond acceptors (Lipinski definition) is 3. The minimum Gasteiger partial charge on any atom is -0.309 e. The summed E-state index contributed by atoms with van der Waals surface area (Å²) in [7, 11) is 0. The standard InChI is InChI=1S/C76H52BN3S2/c1-76(2,3)52-37-34-48(35-38-52)51-43-68-72-71(44-51)82-75-62(45-53(78-63-29-15-10-24-55(63)56-25-11-16-30-64(56)78)46-69(75)79-65-31-17-12-26-57(65)58-27-13-18-32-66(58)79)77(72)61-42-50(47-20-6-4-7-21-47)36-41-67(61)80(68)73-54(49-22-8-5-9-23-49)39-40-60-59-28-14-19-33-70(59)81-74(60)73/h4-46H,1-3H3. The quantitative estimate of drug-likeness (QED) is 0.154. The van der Waals surface area contributed by atoms with Crippen LogP contribution in [-0.2, 0) is 5.41 Å². The molecule has 0 saturated heterocycles. The van der Waals surface area contributed by atoms with Crippen molar-refractivity contribution in [1.82, 2.24) is 9.13 Å². The smallest absolute Gasteiger partial charge is 0.249 e. The van der Waals surface area contributed by atoms with E-state index < -0.39 is 0 Å². The van der Waals surface area contributed by atoms with Crippen molar-refractivity contribution in [3.05, 3.63) is 266 Å². The van der Waals surface area contributed by atoms with Gasteiger partial charge < -0.3 is 14.0 Å². The molecule has 0 amide bonds. The molecule has 0 N–H and O–H groups in total. The lowest BCUT2D eigenvalue weighted by molar-refractivity contribution is 0.590. The molecule has 386 valence electrons. The molecule has 17 rings (SSSR count). The molecule has 0 aliphatic carbocycles. The number of para-hydroxylation sites is 4. The van der Waals surface area contributed by atoms with Crippen LogP contribution >= 0.6 is 23.1 Å². The lowest BCUT2D eigenvalue weighted by atomic mass is 9.34. The number of aromatic nitrogens is 2. The van der Waals surface area contributed by atoms with E-state index in [1.807, 2.05) is 23.1 Å². The number of fused-ring (bicyclic) bond motifs is 13. The van der Waals surface area contributed by atoms with Crippen LogP contribution in [0.1, 0.15) is 26.3 Å². The van der Waals surface area contributed by atoms with E-state index in [9.17, 15) is 0 Å². The maximum Gasteiger partial charge on any atom is 0.249 e. The van der Waals surface area contributed by atoms with Crippen LogP contribution in [0.5, 0.6) is 0 Å². The summed E-state index contributed by atoms with van der Waals surface area (Å²) in [4.78, 5) is 5.21. The van der Waals surface area contributed by atoms with Gasteiger partial charge in [0.05, 0.1) is 38.1 Å². The van der Waals surface area contributed by atoms with Crippen molar-refractivity contribution in [2.24, 2.45) is 0 Å². The van der Waals surface area contributed by atoms with Crippen molar-refractivity contribution >= 4 is 127 Å². The first kappa shape index (κ1) is 47.5. The third-order valence-electron chi connectivity index (χ3n) is 17.5. The second-order valence-corrected chi connectivity index (χ2v) is 25.3. The van der Waals surface area contributed by atoms with Crippen LogP contribution < -0.4 is 21.3 Å². The van der Waals surface area contributed by atoms with Crippen molar-refractivity contribution in [1.29, 1.82) is 0 Å². The molecule has 0 radical (unpaired) electrons. The molecule has 82 heavy (non-hydrogen) atoms. The first-order valence-electron chi connectivity index (χ1n) is 28.4. The predicted molar refractivity (Wildman–Crippen MR) is 353 cm³/mol. The number of rotatable bonds is 6. The zero-order chi connectivity index (χ0) is 54.4. The van der Waals surface area contributed by atoms with Crippen molar-refractivity contribution in [3.8, 4) is 44.8 Å². The van der Waals surface area contributed by atoms with Gasteiger partial charge in [0.1, 0.15) is 0 Å². The zero-order valence-corrected chi connectivity index (χ0v) is 47.2. The van der Waals surface area contributed by atoms with Gasteiger partial charge in [0.25, 0.3) is 0 Å². The molecule has 0 unspecified atom stereocenters. The van der Waals surface area contributed by atoms with Gasteiger partial charge in [-0.15, -0.1) is 11.3 Å². The number of thiophene rings is 1. The summed E-state index contributed by atoms with van der Waals surface area (Å²) in [6, 6.07) is 98.5. The third kappa shape index (κ3) is 7.11. The summed E-state index contributed by atoms with van der Waals surface area (Å²) >= 11 is 3.86. The van der Waals surface area contributed by atoms with Crippen LogP contribution in [0.4, 0.5) is 17.1 Å². The van der Waals surface area contributed by atoms with Crippen LogP contribution in [0.2, 0.25) is 0 Å². The molecule has 0 bridgehead atoms. The topological polar surface area (TPSA) is 13.1 Å². The van der Waals surface area contributed by atoms with Crippen molar-refractivity contribution < 1.29 is 0 Å². The van der Waals surface area contributed by atoms with Gasteiger partial charge in [0.15, 0.2) is 0 Å². The summed E-state index contributed by atoms with van der Waals surface area (Å²) in [5.41, 5.74) is 23.1. The molecule has 15 aromatic rings. The highest BCUT2D eigenvalue weighted by Crippen LogP contribution is 2.53. The molecule has 3 aromatic heterocycles. The first-order valence-corrected chi connectivity index (χ1v) is 30.1. The molecule has 2 aliphatic heterocycles. The van der Waals surface area contributed by atoms with Crippen LogP contribution in [0.25, 0.3) is 109 Å². The maximum absolute atomic E-state index is 2.68. The van der Waals surface area contributed by atoms with Gasteiger partial charge in [-0.05, 0) is 110 Å². The predicted octanol–water partition coefficient (Wildman–Crippen LogP) is 19.3. The zero-order valence-electron chi connectivity index (χ0n) is 45.6. The lowest BCUT2D eigenvalue weighted by Crippen LogP contribution is -2.60. The molecule has 0 atom stereocenters. The molecule has 0 spiro atoms. The Bertz CT molecular complexity index is 5010. The Balaban J connectivity index is 1.03.